The molecule has 0 radical (unpaired) electrons. The molecule has 0 aromatic heterocycles. The zero-order valence-electron chi connectivity index (χ0n) is 16.1. The van der Waals surface area contributed by atoms with Gasteiger partial charge in [-0.15, -0.1) is 0 Å². The molecule has 2 rings (SSSR count). The Morgan fingerprint density at radius 2 is 1.60 bits per heavy atom. The number of carbonyl (C=O) groups is 3. The number of ether oxygens (including phenoxy) is 1. The first-order chi connectivity index (χ1) is 14.3. The van der Waals surface area contributed by atoms with Crippen LogP contribution in [0.15, 0.2) is 36.4 Å². The average molecular weight is 473 g/mol. The van der Waals surface area contributed by atoms with E-state index in [1.807, 2.05) is 6.92 Å². The molecule has 0 saturated heterocycles. The van der Waals surface area contributed by atoms with Crippen LogP contribution in [0, 0.1) is 6.92 Å². The van der Waals surface area contributed by atoms with Crippen molar-refractivity contribution in [3.8, 4) is 5.75 Å². The number of hydrazine groups is 1. The Hall–Kier alpha value is -2.48. The Morgan fingerprint density at radius 3 is 2.30 bits per heavy atom. The Bertz CT molecular complexity index is 938. The van der Waals surface area contributed by atoms with E-state index >= 15 is 0 Å². The van der Waals surface area contributed by atoms with Crippen LogP contribution in [0.3, 0.4) is 0 Å². The Kier molecular flexibility index (Phi) is 9.23. The lowest BCUT2D eigenvalue weighted by Gasteiger charge is -2.10. The highest BCUT2D eigenvalue weighted by atomic mass is 35.5. The van der Waals surface area contributed by atoms with Crippen molar-refractivity contribution in [3.05, 3.63) is 62.6 Å². The Labute approximate surface area is 189 Å². The summed E-state index contributed by atoms with van der Waals surface area (Å²) < 4.78 is 5.60. The van der Waals surface area contributed by atoms with Gasteiger partial charge in [0.15, 0.2) is 0 Å². The molecule has 7 nitrogen and oxygen atoms in total. The fourth-order valence-electron chi connectivity index (χ4n) is 2.37. The van der Waals surface area contributed by atoms with E-state index in [1.165, 1.54) is 18.2 Å². The summed E-state index contributed by atoms with van der Waals surface area (Å²) in [5, 5.41) is 3.60. The second-order valence-electron chi connectivity index (χ2n) is 6.27. The van der Waals surface area contributed by atoms with E-state index < -0.39 is 11.8 Å². The molecule has 0 fully saturated rings. The molecule has 0 spiro atoms. The molecule has 0 saturated carbocycles. The molecule has 30 heavy (non-hydrogen) atoms. The third-order valence-electron chi connectivity index (χ3n) is 3.87. The number of hydrogen-bond donors (Lipinski definition) is 3. The van der Waals surface area contributed by atoms with E-state index in [9.17, 15) is 14.4 Å². The van der Waals surface area contributed by atoms with Gasteiger partial charge in [-0.05, 0) is 55.3 Å². The predicted molar refractivity (Wildman–Crippen MR) is 116 cm³/mol. The van der Waals surface area contributed by atoms with Gasteiger partial charge in [-0.2, -0.15) is 0 Å². The summed E-state index contributed by atoms with van der Waals surface area (Å²) in [4.78, 5) is 35.6. The third-order valence-corrected chi connectivity index (χ3v) is 4.65. The summed E-state index contributed by atoms with van der Waals surface area (Å²) in [5.74, 6) is -0.806. The first-order valence-corrected chi connectivity index (χ1v) is 10.1. The lowest BCUT2D eigenvalue weighted by molar-refractivity contribution is -0.128. The van der Waals surface area contributed by atoms with Gasteiger partial charge in [-0.25, -0.2) is 0 Å². The Balaban J connectivity index is 1.63. The van der Waals surface area contributed by atoms with Crippen molar-refractivity contribution < 1.29 is 19.1 Å². The van der Waals surface area contributed by atoms with Crippen LogP contribution >= 0.6 is 34.8 Å². The first-order valence-electron chi connectivity index (χ1n) is 8.96. The van der Waals surface area contributed by atoms with E-state index in [-0.39, 0.29) is 29.5 Å². The van der Waals surface area contributed by atoms with Gasteiger partial charge in [0.05, 0.1) is 23.7 Å². The van der Waals surface area contributed by atoms with Gasteiger partial charge in [0.1, 0.15) is 5.75 Å². The topological polar surface area (TPSA) is 96.5 Å². The zero-order valence-corrected chi connectivity index (χ0v) is 18.3. The molecule has 0 aliphatic carbocycles. The largest absolute Gasteiger partial charge is 0.493 e. The van der Waals surface area contributed by atoms with E-state index in [0.29, 0.717) is 28.8 Å². The average Bonchev–Trinajstić information content (AvgIpc) is 2.69. The standard InChI is InChI=1S/C20H20Cl3N3O4/c1-12-9-13(21)5-7-17(12)30-8-2-3-18(27)25-26-19(28)11-24-20(29)15-6-4-14(22)10-16(15)23/h4-7,9-10H,2-3,8,11H2,1H3,(H,24,29)(H,25,27)(H,26,28). The molecule has 2 aromatic rings. The van der Waals surface area contributed by atoms with E-state index in [1.54, 1.807) is 18.2 Å². The zero-order chi connectivity index (χ0) is 22.1. The first kappa shape index (κ1) is 23.8. The summed E-state index contributed by atoms with van der Waals surface area (Å²) in [7, 11) is 0. The smallest absolute Gasteiger partial charge is 0.257 e. The number of hydrogen-bond acceptors (Lipinski definition) is 4. The number of carbonyl (C=O) groups excluding carboxylic acids is 3. The monoisotopic (exact) mass is 471 g/mol. The second kappa shape index (κ2) is 11.6. The lowest BCUT2D eigenvalue weighted by Crippen LogP contribution is -2.46. The van der Waals surface area contributed by atoms with Gasteiger partial charge in [0, 0.05) is 16.5 Å². The van der Waals surface area contributed by atoms with Crippen molar-refractivity contribution in [2.75, 3.05) is 13.2 Å². The van der Waals surface area contributed by atoms with Gasteiger partial charge in [0.25, 0.3) is 11.8 Å². The van der Waals surface area contributed by atoms with Crippen molar-refractivity contribution in [3.63, 3.8) is 0 Å². The molecule has 0 unspecified atom stereocenters. The van der Waals surface area contributed by atoms with Gasteiger partial charge in [-0.1, -0.05) is 34.8 Å². The van der Waals surface area contributed by atoms with Crippen LogP contribution in [0.1, 0.15) is 28.8 Å². The molecule has 0 aliphatic rings. The molecule has 0 aliphatic heterocycles. The fourth-order valence-corrected chi connectivity index (χ4v) is 3.09. The molecule has 2 aromatic carbocycles. The summed E-state index contributed by atoms with van der Waals surface area (Å²) in [6.07, 6.45) is 0.606. The van der Waals surface area contributed by atoms with Crippen LogP contribution in [0.2, 0.25) is 15.1 Å². The van der Waals surface area contributed by atoms with E-state index in [0.717, 1.165) is 5.56 Å². The third kappa shape index (κ3) is 7.74. The van der Waals surface area contributed by atoms with Crippen LogP contribution in [0.4, 0.5) is 0 Å². The number of rotatable bonds is 8. The minimum atomic E-state index is -0.588. The maximum Gasteiger partial charge on any atom is 0.257 e. The number of nitrogens with one attached hydrogen (secondary N) is 3. The molecule has 0 bridgehead atoms. The van der Waals surface area contributed by atoms with Crippen LogP contribution in [0.5, 0.6) is 5.75 Å². The fraction of sp³-hybridized carbons (Fsp3) is 0.250. The maximum absolute atomic E-state index is 12.0. The SMILES string of the molecule is Cc1cc(Cl)ccc1OCCCC(=O)NNC(=O)CNC(=O)c1ccc(Cl)cc1Cl. The van der Waals surface area contributed by atoms with Gasteiger partial charge in [-0.3, -0.25) is 25.2 Å². The predicted octanol–water partition coefficient (Wildman–Crippen LogP) is 3.69. The molecular weight excluding hydrogens is 453 g/mol. The highest BCUT2D eigenvalue weighted by Gasteiger charge is 2.12. The number of halogens is 3. The van der Waals surface area contributed by atoms with Gasteiger partial charge < -0.3 is 10.1 Å². The second-order valence-corrected chi connectivity index (χ2v) is 7.55. The molecule has 3 N–H and O–H groups in total. The van der Waals surface area contributed by atoms with Gasteiger partial charge in [0.2, 0.25) is 5.91 Å². The van der Waals surface area contributed by atoms with Crippen LogP contribution in [0.25, 0.3) is 0 Å². The summed E-state index contributed by atoms with van der Waals surface area (Å²) in [5.41, 5.74) is 5.59. The van der Waals surface area contributed by atoms with Crippen molar-refractivity contribution in [2.24, 2.45) is 0 Å². The summed E-state index contributed by atoms with van der Waals surface area (Å²) in [6, 6.07) is 9.68. The number of amides is 3. The normalized spacial score (nSPS) is 10.3. The molecule has 10 heteroatoms. The highest BCUT2D eigenvalue weighted by Crippen LogP contribution is 2.22. The van der Waals surface area contributed by atoms with Crippen molar-refractivity contribution in [1.29, 1.82) is 0 Å². The Morgan fingerprint density at radius 1 is 0.933 bits per heavy atom. The van der Waals surface area contributed by atoms with Crippen molar-refractivity contribution >= 4 is 52.5 Å². The molecule has 160 valence electrons. The quantitative estimate of drug-likeness (QED) is 0.403. The molecule has 3 amide bonds. The highest BCUT2D eigenvalue weighted by molar-refractivity contribution is 6.36. The minimum absolute atomic E-state index is 0.152. The van der Waals surface area contributed by atoms with E-state index in [2.05, 4.69) is 16.2 Å². The van der Waals surface area contributed by atoms with Crippen LogP contribution in [-0.2, 0) is 9.59 Å². The van der Waals surface area contributed by atoms with Crippen LogP contribution in [-0.4, -0.2) is 30.9 Å². The summed E-state index contributed by atoms with van der Waals surface area (Å²) >= 11 is 17.6. The summed E-state index contributed by atoms with van der Waals surface area (Å²) in [6.45, 7) is 1.88. The maximum atomic E-state index is 12.0. The molecule has 0 heterocycles. The number of aryl methyl sites for hydroxylation is 1. The minimum Gasteiger partial charge on any atom is -0.493 e. The van der Waals surface area contributed by atoms with E-state index in [4.69, 9.17) is 39.5 Å². The van der Waals surface area contributed by atoms with Crippen molar-refractivity contribution in [2.45, 2.75) is 19.8 Å². The van der Waals surface area contributed by atoms with Crippen molar-refractivity contribution in [1.82, 2.24) is 16.2 Å². The van der Waals surface area contributed by atoms with Crippen LogP contribution < -0.4 is 20.9 Å². The lowest BCUT2D eigenvalue weighted by atomic mass is 10.2. The molecular formula is C20H20Cl3N3O4. The number of benzene rings is 2. The molecule has 0 atom stereocenters. The van der Waals surface area contributed by atoms with Gasteiger partial charge >= 0.3 is 0 Å².